The molecule has 0 aliphatic heterocycles. The number of hydrogen-bond acceptors (Lipinski definition) is 0. The first-order chi connectivity index (χ1) is 9.80. The Labute approximate surface area is 138 Å². The van der Waals surface area contributed by atoms with Crippen molar-refractivity contribution in [1.29, 1.82) is 0 Å². The third-order valence-electron chi connectivity index (χ3n) is 5.43. The van der Waals surface area contributed by atoms with E-state index in [1.807, 2.05) is 0 Å². The van der Waals surface area contributed by atoms with Crippen molar-refractivity contribution in [3.63, 3.8) is 0 Å². The highest BCUT2D eigenvalue weighted by atomic mass is 14.2. The topological polar surface area (TPSA) is 0 Å². The summed E-state index contributed by atoms with van der Waals surface area (Å²) in [6.45, 7) is 22.7. The van der Waals surface area contributed by atoms with E-state index in [-0.39, 0.29) is 0 Å². The Bertz CT molecular complexity index is 155. The Hall–Kier alpha value is 0. The van der Waals surface area contributed by atoms with E-state index in [1.165, 1.54) is 51.4 Å². The minimum Gasteiger partial charge on any atom is -0.0654 e. The summed E-state index contributed by atoms with van der Waals surface area (Å²) in [6, 6.07) is 0. The average molecular weight is 301 g/mol. The van der Waals surface area contributed by atoms with Crippen molar-refractivity contribution < 1.29 is 0 Å². The fraction of sp³-hybridized carbons (Fsp3) is 1.00. The van der Waals surface area contributed by atoms with Gasteiger partial charge in [0, 0.05) is 0 Å². The van der Waals surface area contributed by atoms with Crippen molar-refractivity contribution in [3.8, 4) is 0 Å². The molecule has 0 N–H and O–H groups in total. The molecule has 0 bridgehead atoms. The van der Waals surface area contributed by atoms with Gasteiger partial charge in [0.1, 0.15) is 0 Å². The molecule has 0 radical (unpaired) electrons. The molecule has 0 rings (SSSR count). The maximum absolute atomic E-state index is 2.35. The summed E-state index contributed by atoms with van der Waals surface area (Å²) in [5, 5.41) is 0. The predicted molar refractivity (Wildman–Crippen MR) is 103 cm³/mol. The Balaban J connectivity index is -0.000000234. The van der Waals surface area contributed by atoms with Crippen LogP contribution in [-0.2, 0) is 0 Å². The van der Waals surface area contributed by atoms with Crippen LogP contribution in [0.2, 0.25) is 0 Å². The van der Waals surface area contributed by atoms with Gasteiger partial charge in [-0.2, -0.15) is 0 Å². The normalized spacial score (nSPS) is 12.1. The smallest absolute Gasteiger partial charge is 0.0334 e. The Morgan fingerprint density at radius 2 is 0.952 bits per heavy atom. The molecule has 0 amide bonds. The van der Waals surface area contributed by atoms with Gasteiger partial charge in [0.25, 0.3) is 0 Å². The summed E-state index contributed by atoms with van der Waals surface area (Å²) >= 11 is 0. The van der Waals surface area contributed by atoms with Gasteiger partial charge in [-0.15, -0.1) is 0 Å². The summed E-state index contributed by atoms with van der Waals surface area (Å²) < 4.78 is 0. The Morgan fingerprint density at radius 1 is 0.619 bits per heavy atom. The van der Waals surface area contributed by atoms with Gasteiger partial charge in [0.15, 0.2) is 0 Å². The van der Waals surface area contributed by atoms with Crippen LogP contribution in [-0.4, -0.2) is 0 Å². The molecule has 0 heteroatoms. The molecule has 0 aliphatic rings. The Morgan fingerprint density at radius 3 is 1.00 bits per heavy atom. The third-order valence-corrected chi connectivity index (χ3v) is 5.43. The van der Waals surface area contributed by atoms with Crippen LogP contribution in [0.3, 0.4) is 0 Å². The van der Waals surface area contributed by atoms with E-state index in [1.54, 1.807) is 0 Å². The van der Waals surface area contributed by atoms with Gasteiger partial charge in [-0.05, 0) is 17.3 Å². The molecule has 0 fully saturated rings. The van der Waals surface area contributed by atoms with E-state index in [0.717, 1.165) is 11.8 Å². The van der Waals surface area contributed by atoms with Crippen molar-refractivity contribution in [3.05, 3.63) is 0 Å². The summed E-state index contributed by atoms with van der Waals surface area (Å²) in [5.41, 5.74) is 0.625. The summed E-state index contributed by atoms with van der Waals surface area (Å²) in [6.07, 6.45) is 10.7. The van der Waals surface area contributed by atoms with Gasteiger partial charge >= 0.3 is 0 Å². The molecule has 0 nitrogen and oxygen atoms in total. The largest absolute Gasteiger partial charge is 0.0654 e. The highest BCUT2D eigenvalue weighted by Gasteiger charge is 2.15. The van der Waals surface area contributed by atoms with Crippen LogP contribution < -0.4 is 0 Å². The van der Waals surface area contributed by atoms with E-state index in [9.17, 15) is 0 Å². The molecule has 0 spiro atoms. The molecule has 0 aromatic carbocycles. The van der Waals surface area contributed by atoms with E-state index >= 15 is 0 Å². The number of rotatable bonds is 8. The molecular formula is C21H48. The second-order valence-corrected chi connectivity index (χ2v) is 7.10. The first kappa shape index (κ1) is 25.9. The van der Waals surface area contributed by atoms with Crippen LogP contribution in [0.15, 0.2) is 0 Å². The highest BCUT2D eigenvalue weighted by molar-refractivity contribution is 4.67. The van der Waals surface area contributed by atoms with E-state index in [2.05, 4.69) is 69.2 Å². The molecule has 132 valence electrons. The average Bonchev–Trinajstić information content (AvgIpc) is 2.54. The first-order valence-electron chi connectivity index (χ1n) is 9.80. The minimum absolute atomic E-state index is 0.625. The summed E-state index contributed by atoms with van der Waals surface area (Å²) in [5.74, 6) is 1.88. The third kappa shape index (κ3) is 20.0. The van der Waals surface area contributed by atoms with Crippen molar-refractivity contribution >= 4 is 0 Å². The zero-order valence-electron chi connectivity index (χ0n) is 17.3. The van der Waals surface area contributed by atoms with Gasteiger partial charge in [-0.25, -0.2) is 0 Å². The van der Waals surface area contributed by atoms with Crippen molar-refractivity contribution in [1.82, 2.24) is 0 Å². The molecule has 0 saturated heterocycles. The Kier molecular flexibility index (Phi) is 22.3. The van der Waals surface area contributed by atoms with Gasteiger partial charge in [0.2, 0.25) is 0 Å². The number of hydrogen-bond donors (Lipinski definition) is 0. The lowest BCUT2D eigenvalue weighted by molar-refractivity contribution is 0.286. The SMILES string of the molecule is CCC(C)(CC)CC.CCC(C)CC.CCCC(C)CC. The lowest BCUT2D eigenvalue weighted by Crippen LogP contribution is -2.10. The quantitative estimate of drug-likeness (QED) is 0.421. The fourth-order valence-corrected chi connectivity index (χ4v) is 1.74. The fourth-order valence-electron chi connectivity index (χ4n) is 1.74. The van der Waals surface area contributed by atoms with Gasteiger partial charge in [-0.3, -0.25) is 0 Å². The lowest BCUT2D eigenvalue weighted by atomic mass is 9.82. The summed E-state index contributed by atoms with van der Waals surface area (Å²) in [7, 11) is 0. The molecular weight excluding hydrogens is 252 g/mol. The van der Waals surface area contributed by atoms with E-state index in [4.69, 9.17) is 0 Å². The first-order valence-corrected chi connectivity index (χ1v) is 9.80. The molecule has 0 aromatic heterocycles. The second kappa shape index (κ2) is 18.1. The van der Waals surface area contributed by atoms with E-state index < -0.39 is 0 Å². The van der Waals surface area contributed by atoms with Gasteiger partial charge in [-0.1, -0.05) is 121 Å². The zero-order chi connectivity index (χ0) is 17.3. The minimum atomic E-state index is 0.625. The van der Waals surface area contributed by atoms with Crippen molar-refractivity contribution in [2.75, 3.05) is 0 Å². The zero-order valence-corrected chi connectivity index (χ0v) is 17.3. The van der Waals surface area contributed by atoms with Crippen LogP contribution in [0, 0.1) is 17.3 Å². The molecule has 21 heavy (non-hydrogen) atoms. The van der Waals surface area contributed by atoms with Crippen LogP contribution in [0.4, 0.5) is 0 Å². The van der Waals surface area contributed by atoms with Crippen molar-refractivity contribution in [2.24, 2.45) is 17.3 Å². The van der Waals surface area contributed by atoms with Crippen LogP contribution in [0.5, 0.6) is 0 Å². The maximum Gasteiger partial charge on any atom is -0.0334 e. The predicted octanol–water partition coefficient (Wildman–Crippen LogP) is 8.50. The van der Waals surface area contributed by atoms with Gasteiger partial charge in [0.05, 0.1) is 0 Å². The molecule has 0 aliphatic carbocycles. The molecule has 1 unspecified atom stereocenters. The highest BCUT2D eigenvalue weighted by Crippen LogP contribution is 2.28. The second-order valence-electron chi connectivity index (χ2n) is 7.10. The van der Waals surface area contributed by atoms with Gasteiger partial charge < -0.3 is 0 Å². The van der Waals surface area contributed by atoms with Crippen LogP contribution >= 0.6 is 0 Å². The molecule has 0 aromatic rings. The molecule has 0 heterocycles. The monoisotopic (exact) mass is 300 g/mol. The van der Waals surface area contributed by atoms with E-state index in [0.29, 0.717) is 5.41 Å². The molecule has 1 atom stereocenters. The molecule has 0 saturated carbocycles. The summed E-state index contributed by atoms with van der Waals surface area (Å²) in [4.78, 5) is 0. The van der Waals surface area contributed by atoms with Crippen LogP contribution in [0.25, 0.3) is 0 Å². The van der Waals surface area contributed by atoms with Crippen molar-refractivity contribution in [2.45, 2.75) is 121 Å². The standard InChI is InChI=1S/C8H18.C7H16.C6H14/c1-5-8(4,6-2)7-3;1-4-6-7(3)5-2;1-4-6(3)5-2/h5-7H2,1-4H3;7H,4-6H2,1-3H3;6H,4-5H2,1-3H3. The van der Waals surface area contributed by atoms with Crippen LogP contribution in [0.1, 0.15) is 121 Å². The maximum atomic E-state index is 2.35. The lowest BCUT2D eigenvalue weighted by Gasteiger charge is -2.23.